The lowest BCUT2D eigenvalue weighted by molar-refractivity contribution is 0.0689. The van der Waals surface area contributed by atoms with Crippen LogP contribution in [-0.2, 0) is 7.05 Å². The number of aryl methyl sites for hydroxylation is 1. The molecule has 0 unspecified atom stereocenters. The highest BCUT2D eigenvalue weighted by Gasteiger charge is 2.20. The van der Waals surface area contributed by atoms with E-state index in [0.29, 0.717) is 0 Å². The van der Waals surface area contributed by atoms with Crippen LogP contribution in [-0.4, -0.2) is 26.0 Å². The second-order valence-electron chi connectivity index (χ2n) is 3.60. The molecule has 2 N–H and O–H groups in total. The summed E-state index contributed by atoms with van der Waals surface area (Å²) in [7, 11) is 1.35. The Labute approximate surface area is 99.9 Å². The summed E-state index contributed by atoms with van der Waals surface area (Å²) in [6, 6.07) is 2.80. The van der Waals surface area contributed by atoms with E-state index in [4.69, 9.17) is 5.11 Å². The van der Waals surface area contributed by atoms with Crippen molar-refractivity contribution in [1.82, 2.24) is 9.78 Å². The second-order valence-corrected chi connectivity index (χ2v) is 3.60. The van der Waals surface area contributed by atoms with E-state index in [2.05, 4.69) is 5.10 Å². The van der Waals surface area contributed by atoms with Crippen molar-refractivity contribution in [1.29, 1.82) is 0 Å². The minimum absolute atomic E-state index is 0.0710. The first-order chi connectivity index (χ1) is 8.41. The number of carbonyl (C=O) groups is 1. The van der Waals surface area contributed by atoms with Gasteiger partial charge in [0.1, 0.15) is 5.82 Å². The first-order valence-corrected chi connectivity index (χ1v) is 4.86. The first-order valence-electron chi connectivity index (χ1n) is 4.86. The first kappa shape index (κ1) is 12.0. The van der Waals surface area contributed by atoms with Crippen molar-refractivity contribution in [2.24, 2.45) is 7.05 Å². The standard InChI is InChI=1S/C11H8F2N2O3/c1-15-7(4-6(14-15)11(17)18)9-5(12)2-3-8(16)10(9)13/h2-4,16H,1H3,(H,17,18). The number of phenols is 1. The van der Waals surface area contributed by atoms with Crippen molar-refractivity contribution in [2.75, 3.05) is 0 Å². The predicted molar refractivity (Wildman–Crippen MR) is 57.2 cm³/mol. The lowest BCUT2D eigenvalue weighted by atomic mass is 10.1. The van der Waals surface area contributed by atoms with Crippen LogP contribution >= 0.6 is 0 Å². The monoisotopic (exact) mass is 254 g/mol. The molecule has 0 spiro atoms. The normalized spacial score (nSPS) is 10.6. The lowest BCUT2D eigenvalue weighted by Gasteiger charge is -2.06. The Morgan fingerprint density at radius 1 is 1.39 bits per heavy atom. The predicted octanol–water partition coefficient (Wildman–Crippen LogP) is 1.77. The molecule has 2 rings (SSSR count). The van der Waals surface area contributed by atoms with Crippen molar-refractivity contribution in [3.05, 3.63) is 35.5 Å². The van der Waals surface area contributed by atoms with Gasteiger partial charge >= 0.3 is 5.97 Å². The highest BCUT2D eigenvalue weighted by molar-refractivity contribution is 5.87. The van der Waals surface area contributed by atoms with Crippen molar-refractivity contribution < 1.29 is 23.8 Å². The molecule has 5 nitrogen and oxygen atoms in total. The van der Waals surface area contributed by atoms with E-state index in [0.717, 1.165) is 22.9 Å². The molecule has 0 saturated carbocycles. The van der Waals surface area contributed by atoms with Crippen LogP contribution in [0.15, 0.2) is 18.2 Å². The van der Waals surface area contributed by atoms with Crippen LogP contribution in [0.25, 0.3) is 11.3 Å². The molecule has 18 heavy (non-hydrogen) atoms. The number of carboxylic acids is 1. The van der Waals surface area contributed by atoms with Gasteiger partial charge in [-0.25, -0.2) is 13.6 Å². The molecule has 7 heteroatoms. The molecular formula is C11H8F2N2O3. The van der Waals surface area contributed by atoms with Crippen LogP contribution < -0.4 is 0 Å². The summed E-state index contributed by atoms with van der Waals surface area (Å²) in [4.78, 5) is 10.7. The van der Waals surface area contributed by atoms with Crippen LogP contribution in [0.4, 0.5) is 8.78 Å². The SMILES string of the molecule is Cn1nc(C(=O)O)cc1-c1c(F)ccc(O)c1F. The summed E-state index contributed by atoms with van der Waals surface area (Å²) in [5.74, 6) is -4.09. The van der Waals surface area contributed by atoms with E-state index in [9.17, 15) is 18.7 Å². The Morgan fingerprint density at radius 3 is 2.61 bits per heavy atom. The third-order valence-electron chi connectivity index (χ3n) is 2.43. The van der Waals surface area contributed by atoms with E-state index < -0.39 is 28.9 Å². The topological polar surface area (TPSA) is 75.4 Å². The van der Waals surface area contributed by atoms with Crippen molar-refractivity contribution in [3.63, 3.8) is 0 Å². The lowest BCUT2D eigenvalue weighted by Crippen LogP contribution is -2.00. The summed E-state index contributed by atoms with van der Waals surface area (Å²) in [6.45, 7) is 0. The van der Waals surface area contributed by atoms with Gasteiger partial charge in [0.15, 0.2) is 17.3 Å². The van der Waals surface area contributed by atoms with Gasteiger partial charge in [0.25, 0.3) is 0 Å². The van der Waals surface area contributed by atoms with Crippen molar-refractivity contribution in [3.8, 4) is 17.0 Å². The van der Waals surface area contributed by atoms with Gasteiger partial charge < -0.3 is 10.2 Å². The summed E-state index contributed by atoms with van der Waals surface area (Å²) < 4.78 is 28.3. The number of hydrogen-bond donors (Lipinski definition) is 2. The minimum Gasteiger partial charge on any atom is -0.505 e. The van der Waals surface area contributed by atoms with Gasteiger partial charge in [-0.1, -0.05) is 0 Å². The molecule has 2 aromatic rings. The summed E-state index contributed by atoms with van der Waals surface area (Å²) in [5, 5.41) is 21.6. The molecule has 1 heterocycles. The number of halogens is 2. The fourth-order valence-corrected chi connectivity index (χ4v) is 1.58. The van der Waals surface area contributed by atoms with Crippen LogP contribution in [0.2, 0.25) is 0 Å². The minimum atomic E-state index is -1.31. The molecule has 0 amide bonds. The average Bonchev–Trinajstić information content (AvgIpc) is 2.67. The third kappa shape index (κ3) is 1.79. The molecule has 0 aliphatic carbocycles. The van der Waals surface area contributed by atoms with E-state index in [1.807, 2.05) is 0 Å². The molecule has 0 aliphatic rings. The van der Waals surface area contributed by atoms with Crippen molar-refractivity contribution in [2.45, 2.75) is 0 Å². The number of aromatic carboxylic acids is 1. The maximum Gasteiger partial charge on any atom is 0.356 e. The van der Waals surface area contributed by atoms with Gasteiger partial charge in [-0.15, -0.1) is 0 Å². The molecular weight excluding hydrogens is 246 g/mol. The van der Waals surface area contributed by atoms with Gasteiger partial charge in [-0.2, -0.15) is 5.10 Å². The van der Waals surface area contributed by atoms with Crippen LogP contribution in [0, 0.1) is 11.6 Å². The number of carboxylic acid groups (broad SMARTS) is 1. The van der Waals surface area contributed by atoms with Gasteiger partial charge in [0.05, 0.1) is 11.3 Å². The Kier molecular flexibility index (Phi) is 2.74. The Hall–Kier alpha value is -2.44. The maximum atomic E-state index is 13.7. The van der Waals surface area contributed by atoms with E-state index in [1.54, 1.807) is 0 Å². The zero-order chi connectivity index (χ0) is 13.4. The largest absolute Gasteiger partial charge is 0.505 e. The van der Waals surface area contributed by atoms with Gasteiger partial charge in [-0.3, -0.25) is 4.68 Å². The second kappa shape index (κ2) is 4.10. The molecule has 0 atom stereocenters. The van der Waals surface area contributed by atoms with E-state index >= 15 is 0 Å². The van der Waals surface area contributed by atoms with Gasteiger partial charge in [0.2, 0.25) is 0 Å². The number of aromatic hydroxyl groups is 1. The fourth-order valence-electron chi connectivity index (χ4n) is 1.58. The summed E-state index contributed by atoms with van der Waals surface area (Å²) in [6.07, 6.45) is 0. The highest BCUT2D eigenvalue weighted by atomic mass is 19.1. The third-order valence-corrected chi connectivity index (χ3v) is 2.43. The number of nitrogens with zero attached hydrogens (tertiary/aromatic N) is 2. The number of aromatic nitrogens is 2. The van der Waals surface area contributed by atoms with Gasteiger partial charge in [-0.05, 0) is 18.2 Å². The van der Waals surface area contributed by atoms with Crippen molar-refractivity contribution >= 4 is 5.97 Å². The van der Waals surface area contributed by atoms with Crippen LogP contribution in [0.5, 0.6) is 5.75 Å². The zero-order valence-corrected chi connectivity index (χ0v) is 9.19. The number of benzene rings is 1. The quantitative estimate of drug-likeness (QED) is 0.856. The molecule has 0 saturated heterocycles. The molecule has 1 aromatic heterocycles. The maximum absolute atomic E-state index is 13.7. The Morgan fingerprint density at radius 2 is 2.06 bits per heavy atom. The Balaban J connectivity index is 2.69. The molecule has 0 fully saturated rings. The molecule has 0 aliphatic heterocycles. The van der Waals surface area contributed by atoms with Gasteiger partial charge in [0, 0.05) is 7.05 Å². The molecule has 0 bridgehead atoms. The van der Waals surface area contributed by atoms with Crippen LogP contribution in [0.3, 0.4) is 0 Å². The smallest absolute Gasteiger partial charge is 0.356 e. The Bertz CT molecular complexity index is 637. The molecule has 1 aromatic carbocycles. The highest BCUT2D eigenvalue weighted by Crippen LogP contribution is 2.31. The summed E-state index contributed by atoms with van der Waals surface area (Å²) in [5.41, 5.74) is -0.926. The number of phenolic OH excluding ortho intramolecular Hbond substituents is 1. The fraction of sp³-hybridized carbons (Fsp3) is 0.0909. The van der Waals surface area contributed by atoms with E-state index in [1.165, 1.54) is 7.05 Å². The zero-order valence-electron chi connectivity index (χ0n) is 9.19. The number of hydrogen-bond acceptors (Lipinski definition) is 3. The van der Waals surface area contributed by atoms with E-state index in [-0.39, 0.29) is 11.4 Å². The molecule has 0 radical (unpaired) electrons. The number of rotatable bonds is 2. The summed E-state index contributed by atoms with van der Waals surface area (Å²) >= 11 is 0. The van der Waals surface area contributed by atoms with Crippen LogP contribution in [0.1, 0.15) is 10.5 Å². The molecule has 94 valence electrons. The average molecular weight is 254 g/mol.